The third-order valence-electron chi connectivity index (χ3n) is 5.27. The number of piperidine rings is 1. The number of benzene rings is 1. The molecule has 1 aliphatic rings. The number of pyridine rings is 1. The molecule has 0 spiro atoms. The quantitative estimate of drug-likeness (QED) is 0.724. The molecule has 2 aromatic heterocycles. The number of phenols is 1. The summed E-state index contributed by atoms with van der Waals surface area (Å²) in [6.07, 6.45) is 3.07. The van der Waals surface area contributed by atoms with Gasteiger partial charge >= 0.3 is 6.09 Å². The summed E-state index contributed by atoms with van der Waals surface area (Å²) in [6.45, 7) is 1.93. The largest absolute Gasteiger partial charge is 0.508 e. The number of rotatable bonds is 3. The van der Waals surface area contributed by atoms with Crippen LogP contribution in [0.2, 0.25) is 0 Å². The number of phenolic OH excluding ortho intramolecular Hbond substituents is 1. The maximum atomic E-state index is 12.8. The van der Waals surface area contributed by atoms with Crippen LogP contribution in [-0.2, 0) is 0 Å². The Kier molecular flexibility index (Phi) is 4.87. The number of amides is 1. The second-order valence-corrected chi connectivity index (χ2v) is 7.20. The number of nitrogens with zero attached hydrogens (tertiary/aromatic N) is 4. The number of ether oxygens (including phenoxy) is 1. The average molecular weight is 381 g/mol. The summed E-state index contributed by atoms with van der Waals surface area (Å²) in [5, 5.41) is 17.0. The van der Waals surface area contributed by atoms with Crippen LogP contribution >= 0.6 is 0 Å². The van der Waals surface area contributed by atoms with E-state index in [0.29, 0.717) is 22.5 Å². The first-order valence-electron chi connectivity index (χ1n) is 9.28. The number of fused-ring (bicyclic) bond motifs is 1. The minimum Gasteiger partial charge on any atom is -0.508 e. The summed E-state index contributed by atoms with van der Waals surface area (Å²) >= 11 is 0. The zero-order valence-corrected chi connectivity index (χ0v) is 15.9. The molecule has 0 atom stereocenters. The lowest BCUT2D eigenvalue weighted by atomic mass is 10.0. The highest BCUT2D eigenvalue weighted by Gasteiger charge is 2.26. The molecule has 8 heteroatoms. The van der Waals surface area contributed by atoms with Crippen molar-refractivity contribution in [2.75, 3.05) is 27.2 Å². The summed E-state index contributed by atoms with van der Waals surface area (Å²) in [5.74, 6) is 0.587. The van der Waals surface area contributed by atoms with Crippen molar-refractivity contribution in [2.24, 2.45) is 0 Å². The molecule has 0 bridgehead atoms. The van der Waals surface area contributed by atoms with Crippen molar-refractivity contribution < 1.29 is 14.6 Å². The third kappa shape index (κ3) is 3.63. The highest BCUT2D eigenvalue weighted by Crippen LogP contribution is 2.30. The molecular weight excluding hydrogens is 358 g/mol. The number of hydrogen-bond donors (Lipinski definition) is 2. The summed E-state index contributed by atoms with van der Waals surface area (Å²) in [6, 6.07) is 8.60. The van der Waals surface area contributed by atoms with Crippen molar-refractivity contribution in [3.05, 3.63) is 36.5 Å². The van der Waals surface area contributed by atoms with E-state index in [1.165, 1.54) is 0 Å². The molecule has 1 amide bonds. The Hall–Kier alpha value is -3.13. The molecule has 0 aliphatic carbocycles. The minimum absolute atomic E-state index is 0.168. The van der Waals surface area contributed by atoms with Crippen molar-refractivity contribution in [1.82, 2.24) is 25.0 Å². The molecule has 1 aromatic carbocycles. The van der Waals surface area contributed by atoms with Crippen LogP contribution in [0.3, 0.4) is 0 Å². The predicted molar refractivity (Wildman–Crippen MR) is 105 cm³/mol. The van der Waals surface area contributed by atoms with Gasteiger partial charge in [-0.3, -0.25) is 5.10 Å². The Morgan fingerprint density at radius 2 is 2.00 bits per heavy atom. The average Bonchev–Trinajstić information content (AvgIpc) is 3.17. The van der Waals surface area contributed by atoms with Crippen LogP contribution in [0.1, 0.15) is 12.8 Å². The zero-order valence-electron chi connectivity index (χ0n) is 15.9. The molecule has 146 valence electrons. The Morgan fingerprint density at radius 3 is 2.71 bits per heavy atom. The number of aromatic hydroxyl groups is 1. The first-order chi connectivity index (χ1) is 13.5. The molecule has 8 nitrogen and oxygen atoms in total. The first kappa shape index (κ1) is 18.2. The van der Waals surface area contributed by atoms with Gasteiger partial charge in [0.05, 0.1) is 17.3 Å². The Labute approximate surface area is 162 Å². The van der Waals surface area contributed by atoms with Crippen LogP contribution in [0.25, 0.3) is 22.3 Å². The second-order valence-electron chi connectivity index (χ2n) is 7.20. The van der Waals surface area contributed by atoms with Gasteiger partial charge in [0.25, 0.3) is 0 Å². The van der Waals surface area contributed by atoms with Crippen LogP contribution in [0.15, 0.2) is 36.5 Å². The lowest BCUT2D eigenvalue weighted by molar-refractivity contribution is 0.118. The summed E-state index contributed by atoms with van der Waals surface area (Å²) in [4.78, 5) is 21.2. The number of aromatic nitrogens is 3. The number of H-pyrrole nitrogens is 1. The van der Waals surface area contributed by atoms with Gasteiger partial charge in [-0.1, -0.05) is 0 Å². The molecule has 3 heterocycles. The Balaban J connectivity index is 1.60. The van der Waals surface area contributed by atoms with Gasteiger partial charge < -0.3 is 19.6 Å². The molecule has 1 saturated heterocycles. The fraction of sp³-hybridized carbons (Fsp3) is 0.350. The van der Waals surface area contributed by atoms with Crippen molar-refractivity contribution in [3.8, 4) is 22.8 Å². The van der Waals surface area contributed by atoms with Crippen LogP contribution in [0, 0.1) is 0 Å². The maximum Gasteiger partial charge on any atom is 0.415 e. The lowest BCUT2D eigenvalue weighted by Crippen LogP contribution is -2.45. The molecule has 2 N–H and O–H groups in total. The zero-order chi connectivity index (χ0) is 19.7. The van der Waals surface area contributed by atoms with E-state index < -0.39 is 0 Å². The van der Waals surface area contributed by atoms with Crippen molar-refractivity contribution >= 4 is 17.1 Å². The standard InChI is InChI=1S/C20H23N5O3/c1-24-9-7-14(8-10-24)25(2)20(27)28-18-11-17(13-3-5-15(26)6-4-13)22-19-16(18)12-21-23-19/h3-6,11-12,14,26H,7-10H2,1-2H3,(H,21,22,23). The van der Waals surface area contributed by atoms with Gasteiger partial charge in [-0.05, 0) is 57.2 Å². The minimum atomic E-state index is -0.389. The number of likely N-dealkylation sites (tertiary alicyclic amines) is 1. The summed E-state index contributed by atoms with van der Waals surface area (Å²) in [7, 11) is 3.87. The summed E-state index contributed by atoms with van der Waals surface area (Å²) < 4.78 is 5.74. The second kappa shape index (κ2) is 7.47. The summed E-state index contributed by atoms with van der Waals surface area (Å²) in [5.41, 5.74) is 1.96. The number of nitrogens with one attached hydrogen (secondary N) is 1. The number of carbonyl (C=O) groups excluding carboxylic acids is 1. The van der Waals surface area contributed by atoms with Crippen molar-refractivity contribution in [3.63, 3.8) is 0 Å². The first-order valence-corrected chi connectivity index (χ1v) is 9.28. The molecular formula is C20H23N5O3. The van der Waals surface area contributed by atoms with Crippen molar-refractivity contribution in [1.29, 1.82) is 0 Å². The van der Waals surface area contributed by atoms with Crippen LogP contribution in [0.4, 0.5) is 4.79 Å². The molecule has 28 heavy (non-hydrogen) atoms. The van der Waals surface area contributed by atoms with Gasteiger partial charge in [0.15, 0.2) is 5.65 Å². The molecule has 1 fully saturated rings. The van der Waals surface area contributed by atoms with Crippen LogP contribution < -0.4 is 4.74 Å². The molecule has 0 saturated carbocycles. The van der Waals surface area contributed by atoms with Gasteiger partial charge in [0.2, 0.25) is 0 Å². The molecule has 0 radical (unpaired) electrons. The monoisotopic (exact) mass is 381 g/mol. The lowest BCUT2D eigenvalue weighted by Gasteiger charge is -2.34. The van der Waals surface area contributed by atoms with Crippen LogP contribution in [-0.4, -0.2) is 69.4 Å². The van der Waals surface area contributed by atoms with Gasteiger partial charge in [0, 0.05) is 24.7 Å². The van der Waals surface area contributed by atoms with E-state index >= 15 is 0 Å². The van der Waals surface area contributed by atoms with E-state index in [1.807, 2.05) is 0 Å². The van der Waals surface area contributed by atoms with Gasteiger partial charge in [-0.25, -0.2) is 9.78 Å². The smallest absolute Gasteiger partial charge is 0.415 e. The van der Waals surface area contributed by atoms with Crippen LogP contribution in [0.5, 0.6) is 11.5 Å². The third-order valence-corrected chi connectivity index (χ3v) is 5.27. The van der Waals surface area contributed by atoms with E-state index in [-0.39, 0.29) is 17.9 Å². The van der Waals surface area contributed by atoms with Gasteiger partial charge in [0.1, 0.15) is 11.5 Å². The highest BCUT2D eigenvalue weighted by molar-refractivity contribution is 5.87. The van der Waals surface area contributed by atoms with E-state index in [9.17, 15) is 9.90 Å². The van der Waals surface area contributed by atoms with E-state index in [0.717, 1.165) is 31.5 Å². The molecule has 3 aromatic rings. The number of carbonyl (C=O) groups is 1. The Morgan fingerprint density at radius 1 is 1.29 bits per heavy atom. The van der Waals surface area contributed by atoms with Gasteiger partial charge in [-0.15, -0.1) is 0 Å². The topological polar surface area (TPSA) is 94.6 Å². The van der Waals surface area contributed by atoms with E-state index in [4.69, 9.17) is 4.74 Å². The number of hydrogen-bond acceptors (Lipinski definition) is 6. The normalized spacial score (nSPS) is 15.6. The fourth-order valence-electron chi connectivity index (χ4n) is 3.46. The molecule has 0 unspecified atom stereocenters. The van der Waals surface area contributed by atoms with E-state index in [2.05, 4.69) is 27.1 Å². The Bertz CT molecular complexity index is 977. The van der Waals surface area contributed by atoms with E-state index in [1.54, 1.807) is 48.5 Å². The predicted octanol–water partition coefficient (Wildman–Crippen LogP) is 2.86. The maximum absolute atomic E-state index is 12.8. The van der Waals surface area contributed by atoms with Gasteiger partial charge in [-0.2, -0.15) is 5.10 Å². The molecule has 1 aliphatic heterocycles. The fourth-order valence-corrected chi connectivity index (χ4v) is 3.46. The SMILES string of the molecule is CN1CCC(N(C)C(=O)Oc2cc(-c3ccc(O)cc3)nc3[nH]ncc23)CC1. The van der Waals surface area contributed by atoms with Crippen molar-refractivity contribution in [2.45, 2.75) is 18.9 Å². The number of aromatic amines is 1. The highest BCUT2D eigenvalue weighted by atomic mass is 16.6. The molecule has 4 rings (SSSR count).